The molecule has 0 aliphatic carbocycles. The van der Waals surface area contributed by atoms with Crippen molar-refractivity contribution in [1.29, 1.82) is 0 Å². The summed E-state index contributed by atoms with van der Waals surface area (Å²) in [6.45, 7) is 2.76. The van der Waals surface area contributed by atoms with Crippen molar-refractivity contribution >= 4 is 17.3 Å². The van der Waals surface area contributed by atoms with E-state index in [1.165, 1.54) is 20.0 Å². The largest absolute Gasteiger partial charge is 0.417 e. The number of hydrogen-bond donors (Lipinski definition) is 1. The molecule has 1 aliphatic rings. The molecule has 0 spiro atoms. The summed E-state index contributed by atoms with van der Waals surface area (Å²) in [5, 5.41) is 6.81. The van der Waals surface area contributed by atoms with Crippen LogP contribution in [0.2, 0.25) is 0 Å². The van der Waals surface area contributed by atoms with Gasteiger partial charge in [0, 0.05) is 5.70 Å². The van der Waals surface area contributed by atoms with E-state index in [-0.39, 0.29) is 23.6 Å². The number of ketones is 1. The van der Waals surface area contributed by atoms with E-state index in [2.05, 4.69) is 10.4 Å². The third-order valence-corrected chi connectivity index (χ3v) is 4.28. The maximum Gasteiger partial charge on any atom is 0.417 e. The van der Waals surface area contributed by atoms with Crippen molar-refractivity contribution in [2.45, 2.75) is 32.0 Å². The maximum atomic E-state index is 14.0. The lowest BCUT2D eigenvalue weighted by Crippen LogP contribution is -2.48. The van der Waals surface area contributed by atoms with Gasteiger partial charge in [0.15, 0.2) is 11.3 Å². The smallest absolute Gasteiger partial charge is 0.339 e. The lowest BCUT2D eigenvalue weighted by atomic mass is 9.90. The summed E-state index contributed by atoms with van der Waals surface area (Å²) >= 11 is 0. The number of alkyl halides is 3. The summed E-state index contributed by atoms with van der Waals surface area (Å²) in [4.78, 5) is 11.8. The summed E-state index contributed by atoms with van der Waals surface area (Å²) < 4.78 is 42.7. The molecule has 1 aromatic carbocycles. The lowest BCUT2D eigenvalue weighted by molar-refractivity contribution is -0.201. The van der Waals surface area contributed by atoms with Crippen molar-refractivity contribution in [3.63, 3.8) is 0 Å². The highest BCUT2D eigenvalue weighted by Crippen LogP contribution is 2.47. The fourth-order valence-corrected chi connectivity index (χ4v) is 2.92. The van der Waals surface area contributed by atoms with Gasteiger partial charge in [-0.15, -0.1) is 0 Å². The van der Waals surface area contributed by atoms with Gasteiger partial charge < -0.3 is 5.32 Å². The molecule has 1 unspecified atom stereocenters. The number of benzene rings is 1. The average Bonchev–Trinajstić information content (AvgIpc) is 2.98. The van der Waals surface area contributed by atoms with Crippen LogP contribution in [0.1, 0.15) is 36.2 Å². The fourth-order valence-electron chi connectivity index (χ4n) is 2.92. The molecule has 7 heteroatoms. The van der Waals surface area contributed by atoms with Crippen LogP contribution in [0, 0.1) is 0 Å². The zero-order chi connectivity index (χ0) is 17.5. The van der Waals surface area contributed by atoms with Crippen LogP contribution >= 0.6 is 0 Å². The van der Waals surface area contributed by atoms with Gasteiger partial charge in [-0.2, -0.15) is 18.3 Å². The third kappa shape index (κ3) is 2.31. The molecule has 2 heterocycles. The van der Waals surface area contributed by atoms with Crippen molar-refractivity contribution < 1.29 is 18.0 Å². The molecular formula is C17H16F3N3O. The van der Waals surface area contributed by atoms with Crippen LogP contribution in [0.5, 0.6) is 0 Å². The molecule has 1 aromatic heterocycles. The molecule has 2 aromatic rings. The number of halogens is 3. The van der Waals surface area contributed by atoms with Crippen molar-refractivity contribution in [2.75, 3.05) is 5.32 Å². The first kappa shape index (κ1) is 16.3. The van der Waals surface area contributed by atoms with E-state index in [1.54, 1.807) is 30.3 Å². The Kier molecular flexibility index (Phi) is 3.74. The quantitative estimate of drug-likeness (QED) is 0.854. The maximum absolute atomic E-state index is 14.0. The van der Waals surface area contributed by atoms with Crippen molar-refractivity contribution in [3.8, 4) is 0 Å². The molecular weight excluding hydrogens is 319 g/mol. The molecule has 4 nitrogen and oxygen atoms in total. The third-order valence-electron chi connectivity index (χ3n) is 4.28. The topological polar surface area (TPSA) is 46.9 Å². The Bertz CT molecular complexity index is 808. The number of carbonyl (C=O) groups is 1. The van der Waals surface area contributed by atoms with Gasteiger partial charge in [0.25, 0.3) is 0 Å². The Morgan fingerprint density at radius 1 is 1.29 bits per heavy atom. The molecule has 0 fully saturated rings. The Morgan fingerprint density at radius 2 is 1.96 bits per heavy atom. The van der Waals surface area contributed by atoms with Crippen LogP contribution in [-0.4, -0.2) is 21.7 Å². The van der Waals surface area contributed by atoms with E-state index < -0.39 is 11.7 Å². The number of rotatable bonds is 3. The molecule has 0 amide bonds. The van der Waals surface area contributed by atoms with Crippen LogP contribution < -0.4 is 5.32 Å². The number of Topliss-reactive ketones (excluding diaryl/α,β-unsaturated/α-hetero) is 1. The molecule has 0 saturated heterocycles. The predicted molar refractivity (Wildman–Crippen MR) is 84.6 cm³/mol. The molecule has 0 bridgehead atoms. The highest BCUT2D eigenvalue weighted by Gasteiger charge is 2.57. The van der Waals surface area contributed by atoms with Crippen LogP contribution in [0.25, 0.3) is 5.70 Å². The van der Waals surface area contributed by atoms with Crippen LogP contribution in [0.3, 0.4) is 0 Å². The normalized spacial score (nSPS) is 20.1. The molecule has 1 aliphatic heterocycles. The van der Waals surface area contributed by atoms with Crippen LogP contribution in [-0.2, 0) is 5.54 Å². The summed E-state index contributed by atoms with van der Waals surface area (Å²) in [6, 6.07) is 8.72. The number of aromatic nitrogens is 2. The molecule has 0 radical (unpaired) electrons. The first-order valence-corrected chi connectivity index (χ1v) is 7.51. The Morgan fingerprint density at radius 3 is 2.50 bits per heavy atom. The minimum atomic E-state index is -4.56. The highest BCUT2D eigenvalue weighted by atomic mass is 19.4. The average molecular weight is 335 g/mol. The van der Waals surface area contributed by atoms with Crippen molar-refractivity contribution in [2.24, 2.45) is 0 Å². The minimum Gasteiger partial charge on any atom is -0.339 e. The standard InChI is InChI=1S/C17H16F3N3O/c1-3-16(17(18,19)20)9-14(12-7-5-4-6-8-12)22-15-13(11(2)24)10-21-23(15)16/h4-10,22H,3H2,1-2H3. The Hall–Kier alpha value is -2.57. The number of fused-ring (bicyclic) bond motifs is 1. The van der Waals surface area contributed by atoms with Crippen LogP contribution in [0.4, 0.5) is 19.0 Å². The van der Waals surface area contributed by atoms with E-state index in [0.29, 0.717) is 11.3 Å². The lowest BCUT2D eigenvalue weighted by Gasteiger charge is -2.38. The first-order valence-electron chi connectivity index (χ1n) is 7.51. The van der Waals surface area contributed by atoms with Crippen molar-refractivity contribution in [3.05, 3.63) is 53.7 Å². The van der Waals surface area contributed by atoms with Gasteiger partial charge in [0.2, 0.25) is 0 Å². The van der Waals surface area contributed by atoms with Gasteiger partial charge in [-0.25, -0.2) is 4.68 Å². The second-order valence-electron chi connectivity index (χ2n) is 5.70. The number of anilines is 1. The van der Waals surface area contributed by atoms with Crippen molar-refractivity contribution in [1.82, 2.24) is 9.78 Å². The monoisotopic (exact) mass is 335 g/mol. The zero-order valence-electron chi connectivity index (χ0n) is 13.2. The Labute approximate surface area is 137 Å². The van der Waals surface area contributed by atoms with E-state index in [4.69, 9.17) is 0 Å². The molecule has 0 saturated carbocycles. The number of nitrogens with one attached hydrogen (secondary N) is 1. The van der Waals surface area contributed by atoms with E-state index in [1.807, 2.05) is 0 Å². The molecule has 24 heavy (non-hydrogen) atoms. The van der Waals surface area contributed by atoms with E-state index in [0.717, 1.165) is 10.8 Å². The van der Waals surface area contributed by atoms with Gasteiger partial charge in [-0.05, 0) is 25.0 Å². The van der Waals surface area contributed by atoms with Gasteiger partial charge in [-0.1, -0.05) is 37.3 Å². The molecule has 1 N–H and O–H groups in total. The second kappa shape index (κ2) is 5.51. The first-order chi connectivity index (χ1) is 11.3. The number of hydrogen-bond acceptors (Lipinski definition) is 3. The van der Waals surface area contributed by atoms with E-state index in [9.17, 15) is 18.0 Å². The summed E-state index contributed by atoms with van der Waals surface area (Å²) in [7, 11) is 0. The molecule has 1 atom stereocenters. The number of allylic oxidation sites excluding steroid dienone is 1. The SMILES string of the molecule is CCC1(C(F)(F)F)C=C(c2ccccc2)Nc2c(C(C)=O)cnn21. The van der Waals surface area contributed by atoms with Gasteiger partial charge in [0.1, 0.15) is 5.82 Å². The zero-order valence-corrected chi connectivity index (χ0v) is 13.2. The molecule has 3 rings (SSSR count). The number of carbonyl (C=O) groups excluding carboxylic acids is 1. The summed E-state index contributed by atoms with van der Waals surface area (Å²) in [6.07, 6.45) is -2.46. The van der Waals surface area contributed by atoms with Gasteiger partial charge in [0.05, 0.1) is 11.8 Å². The van der Waals surface area contributed by atoms with Crippen LogP contribution in [0.15, 0.2) is 42.6 Å². The number of nitrogens with zero attached hydrogens (tertiary/aromatic N) is 2. The Balaban J connectivity index is 2.27. The predicted octanol–water partition coefficient (Wildman–Crippen LogP) is 4.22. The molecule has 126 valence electrons. The second-order valence-corrected chi connectivity index (χ2v) is 5.70. The fraction of sp³-hybridized carbons (Fsp3) is 0.294. The minimum absolute atomic E-state index is 0.0722. The summed E-state index contributed by atoms with van der Waals surface area (Å²) in [5.74, 6) is -0.270. The highest BCUT2D eigenvalue weighted by molar-refractivity contribution is 6.00. The van der Waals surface area contributed by atoms with Gasteiger partial charge >= 0.3 is 6.18 Å². The van der Waals surface area contributed by atoms with E-state index >= 15 is 0 Å². The van der Waals surface area contributed by atoms with Gasteiger partial charge in [-0.3, -0.25) is 4.79 Å². The summed E-state index contributed by atoms with van der Waals surface area (Å²) in [5.41, 5.74) is -1.24.